The van der Waals surface area contributed by atoms with E-state index in [0.717, 1.165) is 31.8 Å². The van der Waals surface area contributed by atoms with Gasteiger partial charge in [0, 0.05) is 52.1 Å². The van der Waals surface area contributed by atoms with Gasteiger partial charge in [-0.15, -0.1) is 0 Å². The first-order valence-electron chi connectivity index (χ1n) is 12.2. The molecular formula is C26H28ClN3O6S4. The summed E-state index contributed by atoms with van der Waals surface area (Å²) in [6, 6.07) is 15.4. The third-order valence-corrected chi connectivity index (χ3v) is 9.92. The lowest BCUT2D eigenvalue weighted by atomic mass is 10.2. The maximum atomic E-state index is 11.4. The lowest BCUT2D eigenvalue weighted by molar-refractivity contribution is 0.479. The number of anilines is 1. The molecule has 0 fully saturated rings. The van der Waals surface area contributed by atoms with Crippen LogP contribution in [0.3, 0.4) is 0 Å². The molecule has 0 radical (unpaired) electrons. The Morgan fingerprint density at radius 3 is 2.40 bits per heavy atom. The molecule has 1 aliphatic heterocycles. The number of benzene rings is 2. The summed E-state index contributed by atoms with van der Waals surface area (Å²) in [4.78, 5) is 8.54. The molecule has 0 atom stereocenters. The van der Waals surface area contributed by atoms with E-state index >= 15 is 0 Å². The van der Waals surface area contributed by atoms with Crippen molar-refractivity contribution in [1.29, 1.82) is 0 Å². The van der Waals surface area contributed by atoms with E-state index in [9.17, 15) is 21.4 Å². The minimum Gasteiger partial charge on any atom is -0.335 e. The van der Waals surface area contributed by atoms with Gasteiger partial charge in [-0.1, -0.05) is 35.1 Å². The van der Waals surface area contributed by atoms with Crippen LogP contribution < -0.4 is 4.90 Å². The highest BCUT2D eigenvalue weighted by Crippen LogP contribution is 2.47. The van der Waals surface area contributed by atoms with Gasteiger partial charge in [0.15, 0.2) is 0 Å². The Balaban J connectivity index is 1.68. The molecular weight excluding hydrogens is 614 g/mol. The Morgan fingerprint density at radius 1 is 1.02 bits per heavy atom. The maximum Gasteiger partial charge on any atom is 0.264 e. The lowest BCUT2D eigenvalue weighted by Gasteiger charge is -2.21. The molecule has 2 heterocycles. The van der Waals surface area contributed by atoms with Crippen molar-refractivity contribution in [2.24, 2.45) is 4.99 Å². The van der Waals surface area contributed by atoms with Crippen molar-refractivity contribution >= 4 is 66.1 Å². The van der Waals surface area contributed by atoms with Crippen LogP contribution in [0, 0.1) is 6.92 Å². The van der Waals surface area contributed by atoms with Crippen molar-refractivity contribution in [2.45, 2.75) is 29.6 Å². The molecule has 0 spiro atoms. The first-order chi connectivity index (χ1) is 18.9. The topological polar surface area (TPSA) is 129 Å². The molecule has 0 unspecified atom stereocenters. The van der Waals surface area contributed by atoms with Crippen molar-refractivity contribution in [3.8, 4) is 5.69 Å². The predicted molar refractivity (Wildman–Crippen MR) is 163 cm³/mol. The van der Waals surface area contributed by atoms with Crippen LogP contribution in [-0.2, 0) is 20.2 Å². The summed E-state index contributed by atoms with van der Waals surface area (Å²) in [6.07, 6.45) is 6.11. The summed E-state index contributed by atoms with van der Waals surface area (Å²) in [5.41, 5.74) is 2.79. The summed E-state index contributed by atoms with van der Waals surface area (Å²) < 4.78 is 65.6. The van der Waals surface area contributed by atoms with Crippen LogP contribution in [0.5, 0.6) is 0 Å². The van der Waals surface area contributed by atoms with E-state index in [4.69, 9.17) is 16.2 Å². The van der Waals surface area contributed by atoms with Gasteiger partial charge in [-0.3, -0.25) is 14.1 Å². The van der Waals surface area contributed by atoms with Crippen molar-refractivity contribution in [1.82, 2.24) is 4.57 Å². The molecule has 0 amide bonds. The number of rotatable bonds is 11. The number of hydrogen-bond donors (Lipinski definition) is 2. The standard InChI is InChI=1S/C26H28ClN3O6S4/c1-19-16-20(27)6-8-23(19)37-25(28-10-4-14-39(31,32)33)18-26-30(13-5-15-40(34,35)36)22-17-21(7-9-24(22)38-26)29-11-2-3-12-29/h2-3,6-9,11-12,16-18H,4-5,10,13-15H2,1H3,(H,31,32,33)(H,34,35,36)/b26-18-,28-25?. The summed E-state index contributed by atoms with van der Waals surface area (Å²) in [6.45, 7) is 2.44. The number of hydrogen-bond acceptors (Lipinski definition) is 8. The van der Waals surface area contributed by atoms with E-state index in [1.165, 1.54) is 23.5 Å². The zero-order valence-electron chi connectivity index (χ0n) is 21.5. The van der Waals surface area contributed by atoms with Crippen LogP contribution in [-0.4, -0.2) is 60.1 Å². The predicted octanol–water partition coefficient (Wildman–Crippen LogP) is 5.94. The number of aryl methyl sites for hydroxylation is 1. The number of aliphatic imine (C=N–C) groups is 1. The number of nitrogens with zero attached hydrogens (tertiary/aromatic N) is 3. The average Bonchev–Trinajstić information content (AvgIpc) is 3.50. The molecule has 1 aromatic heterocycles. The molecule has 1 aliphatic rings. The Kier molecular flexibility index (Phi) is 10.1. The number of halogens is 1. The quantitative estimate of drug-likeness (QED) is 0.0859. The smallest absolute Gasteiger partial charge is 0.264 e. The van der Waals surface area contributed by atoms with Crippen LogP contribution in [0.1, 0.15) is 18.4 Å². The third kappa shape index (κ3) is 8.87. The molecule has 3 aromatic rings. The van der Waals surface area contributed by atoms with Crippen LogP contribution in [0.4, 0.5) is 5.69 Å². The highest BCUT2D eigenvalue weighted by Gasteiger charge is 2.26. The van der Waals surface area contributed by atoms with Crippen LogP contribution in [0.25, 0.3) is 5.69 Å². The van der Waals surface area contributed by atoms with Gasteiger partial charge in [0.05, 0.1) is 27.3 Å². The van der Waals surface area contributed by atoms with Gasteiger partial charge in [-0.05, 0) is 73.9 Å². The zero-order chi connectivity index (χ0) is 28.9. The van der Waals surface area contributed by atoms with E-state index in [-0.39, 0.29) is 25.1 Å². The molecule has 2 aromatic carbocycles. The Bertz CT molecular complexity index is 1640. The average molecular weight is 642 g/mol. The van der Waals surface area contributed by atoms with Gasteiger partial charge < -0.3 is 9.47 Å². The molecule has 4 rings (SSSR count). The van der Waals surface area contributed by atoms with E-state index < -0.39 is 26.0 Å². The molecule has 0 bridgehead atoms. The SMILES string of the molecule is Cc1cc(Cl)ccc1SC(/C=C1\Sc2ccc(-n3cccc3)cc2N1CCCS(=O)(=O)O)=NCCCS(=O)(=O)O. The molecule has 14 heteroatoms. The van der Waals surface area contributed by atoms with Crippen LogP contribution >= 0.6 is 35.1 Å². The summed E-state index contributed by atoms with van der Waals surface area (Å²) >= 11 is 9.05. The Morgan fingerprint density at radius 2 is 1.73 bits per heavy atom. The van der Waals surface area contributed by atoms with E-state index in [2.05, 4.69) is 4.99 Å². The lowest BCUT2D eigenvalue weighted by Crippen LogP contribution is -2.22. The molecule has 0 saturated carbocycles. The second-order valence-electron chi connectivity index (χ2n) is 8.99. The minimum atomic E-state index is -4.12. The third-order valence-electron chi connectivity index (χ3n) is 5.83. The maximum absolute atomic E-state index is 11.4. The number of aromatic nitrogens is 1. The first kappa shape index (κ1) is 30.7. The van der Waals surface area contributed by atoms with Crippen LogP contribution in [0.15, 0.2) is 86.8 Å². The molecule has 214 valence electrons. The van der Waals surface area contributed by atoms with E-state index in [1.54, 1.807) is 6.07 Å². The Labute approximate surface area is 247 Å². The van der Waals surface area contributed by atoms with Crippen molar-refractivity contribution in [3.63, 3.8) is 0 Å². The molecule has 9 nitrogen and oxygen atoms in total. The fraction of sp³-hybridized carbons (Fsp3) is 0.269. The molecule has 0 saturated heterocycles. The minimum absolute atomic E-state index is 0.150. The largest absolute Gasteiger partial charge is 0.335 e. The normalized spacial score (nSPS) is 15.2. The zero-order valence-corrected chi connectivity index (χ0v) is 25.5. The molecule has 40 heavy (non-hydrogen) atoms. The van der Waals surface area contributed by atoms with Gasteiger partial charge in [-0.25, -0.2) is 0 Å². The van der Waals surface area contributed by atoms with E-state index in [0.29, 0.717) is 16.6 Å². The van der Waals surface area contributed by atoms with Gasteiger partial charge in [0.25, 0.3) is 20.2 Å². The Hall–Kier alpha value is -2.26. The van der Waals surface area contributed by atoms with Gasteiger partial charge in [0.1, 0.15) is 0 Å². The molecule has 0 aliphatic carbocycles. The number of fused-ring (bicyclic) bond motifs is 1. The highest BCUT2D eigenvalue weighted by molar-refractivity contribution is 8.14. The van der Waals surface area contributed by atoms with E-state index in [1.807, 2.05) is 77.3 Å². The summed E-state index contributed by atoms with van der Waals surface area (Å²) in [5.74, 6) is -0.765. The monoisotopic (exact) mass is 641 g/mol. The van der Waals surface area contributed by atoms with Crippen molar-refractivity contribution < 1.29 is 25.9 Å². The second-order valence-corrected chi connectivity index (χ2v) is 14.7. The van der Waals surface area contributed by atoms with Crippen molar-refractivity contribution in [3.05, 3.63) is 82.6 Å². The fourth-order valence-corrected chi connectivity index (χ4v) is 7.29. The molecule has 2 N–H and O–H groups in total. The number of thioether (sulfide) groups is 2. The van der Waals surface area contributed by atoms with Crippen molar-refractivity contribution in [2.75, 3.05) is 29.5 Å². The van der Waals surface area contributed by atoms with Gasteiger partial charge in [-0.2, -0.15) is 16.8 Å². The fourth-order valence-electron chi connectivity index (χ4n) is 3.99. The highest BCUT2D eigenvalue weighted by atomic mass is 35.5. The first-order valence-corrected chi connectivity index (χ1v) is 17.4. The summed E-state index contributed by atoms with van der Waals surface area (Å²) in [5, 5.41) is 2.03. The van der Waals surface area contributed by atoms with Gasteiger partial charge >= 0.3 is 0 Å². The second kappa shape index (κ2) is 13.1. The van der Waals surface area contributed by atoms with Gasteiger partial charge in [0.2, 0.25) is 0 Å². The summed E-state index contributed by atoms with van der Waals surface area (Å²) in [7, 11) is -8.21. The van der Waals surface area contributed by atoms with Crippen LogP contribution in [0.2, 0.25) is 5.02 Å².